The molecule has 0 N–H and O–H groups in total. The van der Waals surface area contributed by atoms with Crippen molar-refractivity contribution in [1.29, 1.82) is 0 Å². The number of hydrogen-bond acceptors (Lipinski definition) is 3. The predicted octanol–water partition coefficient (Wildman–Crippen LogP) is 7.84. The molecule has 4 aliphatic carbocycles. The van der Waals surface area contributed by atoms with E-state index in [0.29, 0.717) is 30.0 Å². The summed E-state index contributed by atoms with van der Waals surface area (Å²) in [5.41, 5.74) is 0.325. The van der Waals surface area contributed by atoms with Gasteiger partial charge >= 0.3 is 5.97 Å². The summed E-state index contributed by atoms with van der Waals surface area (Å²) in [6, 6.07) is 0. The number of hydrogen-bond donors (Lipinski definition) is 0. The highest BCUT2D eigenvalue weighted by atomic mass is 79.9. The Kier molecular flexibility index (Phi) is 7.71. The van der Waals surface area contributed by atoms with Gasteiger partial charge in [-0.05, 0) is 90.8 Å². The first kappa shape index (κ1) is 26.7. The van der Waals surface area contributed by atoms with Gasteiger partial charge < -0.3 is 4.74 Å². The standard InChI is InChI=1S/C30H49BrO3/c1-17(2)18(3)8-9-19(4)23-12-13-24-22-11-10-21-14-26(33)25(31)15-29(21,6)28(22)27(34-20(5)32)16-30(23,24)7/h17-19,21-25,27-28H,8-16H2,1-7H3/t18-,19+,21-,22-,23+,24+,25+,27+,28+,29-,30-/m0/s1. The van der Waals surface area contributed by atoms with Crippen LogP contribution in [0.2, 0.25) is 0 Å². The highest BCUT2D eigenvalue weighted by Crippen LogP contribution is 2.69. The van der Waals surface area contributed by atoms with E-state index in [1.54, 1.807) is 6.92 Å². The van der Waals surface area contributed by atoms with Gasteiger partial charge in [-0.1, -0.05) is 70.3 Å². The summed E-state index contributed by atoms with van der Waals surface area (Å²) >= 11 is 3.72. The molecule has 11 atom stereocenters. The van der Waals surface area contributed by atoms with Gasteiger partial charge in [-0.2, -0.15) is 0 Å². The molecule has 0 aromatic heterocycles. The molecule has 4 saturated carbocycles. The zero-order valence-corrected chi connectivity index (χ0v) is 24.3. The fourth-order valence-electron chi connectivity index (χ4n) is 9.51. The van der Waals surface area contributed by atoms with Gasteiger partial charge in [0.1, 0.15) is 11.9 Å². The molecule has 0 bridgehead atoms. The van der Waals surface area contributed by atoms with Crippen LogP contribution in [0.4, 0.5) is 0 Å². The molecule has 0 aromatic carbocycles. The van der Waals surface area contributed by atoms with Crippen LogP contribution in [-0.4, -0.2) is 22.7 Å². The van der Waals surface area contributed by atoms with Crippen LogP contribution >= 0.6 is 15.9 Å². The summed E-state index contributed by atoms with van der Waals surface area (Å²) < 4.78 is 6.23. The fourth-order valence-corrected chi connectivity index (χ4v) is 10.4. The molecule has 0 heterocycles. The van der Waals surface area contributed by atoms with Crippen LogP contribution in [-0.2, 0) is 14.3 Å². The van der Waals surface area contributed by atoms with E-state index >= 15 is 0 Å². The molecule has 194 valence electrons. The van der Waals surface area contributed by atoms with Gasteiger partial charge in [-0.15, -0.1) is 0 Å². The lowest BCUT2D eigenvalue weighted by Crippen LogP contribution is -2.61. The van der Waals surface area contributed by atoms with Crippen LogP contribution in [0.25, 0.3) is 0 Å². The summed E-state index contributed by atoms with van der Waals surface area (Å²) in [5.74, 6) is 5.37. The number of ether oxygens (including phenoxy) is 1. The molecule has 3 nitrogen and oxygen atoms in total. The molecule has 4 fully saturated rings. The second-order valence-electron chi connectivity index (χ2n) is 13.7. The Bertz CT molecular complexity index is 779. The zero-order chi connectivity index (χ0) is 25.0. The lowest BCUT2D eigenvalue weighted by Gasteiger charge is -2.62. The summed E-state index contributed by atoms with van der Waals surface area (Å²) in [6.45, 7) is 16.2. The smallest absolute Gasteiger partial charge is 0.302 e. The molecule has 4 rings (SSSR count). The Hall–Kier alpha value is -0.380. The van der Waals surface area contributed by atoms with Crippen LogP contribution < -0.4 is 0 Å². The minimum absolute atomic E-state index is 0.00756. The normalized spacial score (nSPS) is 45.8. The number of carbonyl (C=O) groups is 2. The molecule has 4 heteroatoms. The second-order valence-corrected chi connectivity index (χ2v) is 14.8. The maximum absolute atomic E-state index is 12.6. The highest BCUT2D eigenvalue weighted by molar-refractivity contribution is 9.10. The van der Waals surface area contributed by atoms with Crippen LogP contribution in [0.15, 0.2) is 0 Å². The van der Waals surface area contributed by atoms with E-state index < -0.39 is 0 Å². The van der Waals surface area contributed by atoms with Crippen LogP contribution in [0.5, 0.6) is 0 Å². The second kappa shape index (κ2) is 9.82. The molecule has 0 spiro atoms. The minimum Gasteiger partial charge on any atom is -0.462 e. The van der Waals surface area contributed by atoms with E-state index in [9.17, 15) is 9.59 Å². The summed E-state index contributed by atoms with van der Waals surface area (Å²) in [7, 11) is 0. The summed E-state index contributed by atoms with van der Waals surface area (Å²) in [4.78, 5) is 24.9. The first-order chi connectivity index (χ1) is 15.9. The van der Waals surface area contributed by atoms with E-state index in [-0.39, 0.29) is 27.7 Å². The fraction of sp³-hybridized carbons (Fsp3) is 0.933. The first-order valence-corrected chi connectivity index (χ1v) is 15.1. The van der Waals surface area contributed by atoms with Crippen LogP contribution in [0.3, 0.4) is 0 Å². The van der Waals surface area contributed by atoms with Crippen molar-refractivity contribution in [2.45, 2.75) is 117 Å². The van der Waals surface area contributed by atoms with Gasteiger partial charge in [0.15, 0.2) is 0 Å². The Morgan fingerprint density at radius 1 is 1.03 bits per heavy atom. The van der Waals surface area contributed by atoms with Crippen molar-refractivity contribution in [1.82, 2.24) is 0 Å². The Morgan fingerprint density at radius 2 is 1.74 bits per heavy atom. The molecule has 0 saturated heterocycles. The monoisotopic (exact) mass is 536 g/mol. The van der Waals surface area contributed by atoms with Crippen LogP contribution in [0.1, 0.15) is 106 Å². The highest BCUT2D eigenvalue weighted by Gasteiger charge is 2.65. The number of alkyl halides is 1. The first-order valence-electron chi connectivity index (χ1n) is 14.2. The lowest BCUT2D eigenvalue weighted by molar-refractivity contribution is -0.194. The van der Waals surface area contributed by atoms with Crippen molar-refractivity contribution in [3.05, 3.63) is 0 Å². The average molecular weight is 538 g/mol. The predicted molar refractivity (Wildman–Crippen MR) is 142 cm³/mol. The summed E-state index contributed by atoms with van der Waals surface area (Å²) in [6.07, 6.45) is 10.2. The maximum atomic E-state index is 12.6. The van der Waals surface area contributed by atoms with E-state index in [4.69, 9.17) is 4.74 Å². The SMILES string of the molecule is CC(=O)O[C@@H]1C[C@]2(C)[C@H](CC[C@@H]2[C@H](C)CC[C@H](C)C(C)C)[C@@H]2CC[C@H]3CC(=O)[C@H](Br)C[C@]3(C)[C@H]21. The van der Waals surface area contributed by atoms with Gasteiger partial charge in [0.2, 0.25) is 0 Å². The number of esters is 1. The minimum atomic E-state index is -0.132. The van der Waals surface area contributed by atoms with Gasteiger partial charge in [-0.25, -0.2) is 0 Å². The quantitative estimate of drug-likeness (QED) is 0.256. The van der Waals surface area contributed by atoms with Crippen LogP contribution in [0, 0.1) is 58.2 Å². The number of rotatable bonds is 6. The van der Waals surface area contributed by atoms with Crippen molar-refractivity contribution < 1.29 is 14.3 Å². The molecule has 34 heavy (non-hydrogen) atoms. The largest absolute Gasteiger partial charge is 0.462 e. The topological polar surface area (TPSA) is 43.4 Å². The van der Waals surface area contributed by atoms with E-state index in [1.165, 1.54) is 32.1 Å². The summed E-state index contributed by atoms with van der Waals surface area (Å²) in [5, 5.41) is 0. The van der Waals surface area contributed by atoms with E-state index in [0.717, 1.165) is 48.9 Å². The third-order valence-corrected chi connectivity index (χ3v) is 12.5. The molecule has 0 unspecified atom stereocenters. The number of ketones is 1. The number of halogens is 1. The Balaban J connectivity index is 1.61. The van der Waals surface area contributed by atoms with Gasteiger partial charge in [0, 0.05) is 19.3 Å². The van der Waals surface area contributed by atoms with Crippen molar-refractivity contribution in [3.63, 3.8) is 0 Å². The molecule has 0 aromatic rings. The van der Waals surface area contributed by atoms with Crippen molar-refractivity contribution >= 4 is 27.7 Å². The molecule has 0 radical (unpaired) electrons. The van der Waals surface area contributed by atoms with Gasteiger partial charge in [0.05, 0.1) is 4.83 Å². The Labute approximate surface area is 217 Å². The molecular weight excluding hydrogens is 488 g/mol. The number of carbonyl (C=O) groups excluding carboxylic acids is 2. The third-order valence-electron chi connectivity index (χ3n) is 11.7. The number of Topliss-reactive ketones (excluding diaryl/α,β-unsaturated/α-hetero) is 1. The average Bonchev–Trinajstić information content (AvgIpc) is 3.08. The lowest BCUT2D eigenvalue weighted by atomic mass is 9.43. The third kappa shape index (κ3) is 4.56. The molecule has 0 aliphatic heterocycles. The molecule has 4 aliphatic rings. The zero-order valence-electron chi connectivity index (χ0n) is 22.7. The Morgan fingerprint density at radius 3 is 2.38 bits per heavy atom. The molecule has 0 amide bonds. The van der Waals surface area contributed by atoms with Crippen molar-refractivity contribution in [3.8, 4) is 0 Å². The van der Waals surface area contributed by atoms with Gasteiger partial charge in [-0.3, -0.25) is 9.59 Å². The maximum Gasteiger partial charge on any atom is 0.302 e. The van der Waals surface area contributed by atoms with E-state index in [2.05, 4.69) is 57.5 Å². The number of fused-ring (bicyclic) bond motifs is 5. The van der Waals surface area contributed by atoms with Crippen molar-refractivity contribution in [2.75, 3.05) is 0 Å². The van der Waals surface area contributed by atoms with Gasteiger partial charge in [0.25, 0.3) is 0 Å². The molecular formula is C30H49BrO3. The van der Waals surface area contributed by atoms with E-state index in [1.807, 2.05) is 0 Å². The van der Waals surface area contributed by atoms with Crippen molar-refractivity contribution in [2.24, 2.45) is 58.2 Å².